The van der Waals surface area contributed by atoms with E-state index in [9.17, 15) is 4.79 Å². The first-order chi connectivity index (χ1) is 16.1. The van der Waals surface area contributed by atoms with E-state index in [2.05, 4.69) is 41.7 Å². The number of hydrogen-bond acceptors (Lipinski definition) is 9. The van der Waals surface area contributed by atoms with Gasteiger partial charge in [-0.15, -0.1) is 5.10 Å². The molecule has 0 unspecified atom stereocenters. The monoisotopic (exact) mass is 443 g/mol. The molecule has 0 saturated heterocycles. The smallest absolute Gasteiger partial charge is 0.225 e. The summed E-state index contributed by atoms with van der Waals surface area (Å²) < 4.78 is 3.29. The van der Waals surface area contributed by atoms with Crippen LogP contribution in [0.15, 0.2) is 36.9 Å². The van der Waals surface area contributed by atoms with Crippen LogP contribution in [0.2, 0.25) is 0 Å². The van der Waals surface area contributed by atoms with Crippen molar-refractivity contribution in [2.75, 3.05) is 5.32 Å². The molecule has 4 heterocycles. The van der Waals surface area contributed by atoms with Gasteiger partial charge in [0.15, 0.2) is 17.0 Å². The Morgan fingerprint density at radius 3 is 2.88 bits per heavy atom. The Balaban J connectivity index is 1.35. The molecular formula is C21H21N11O. The molecule has 0 radical (unpaired) electrons. The van der Waals surface area contributed by atoms with Crippen molar-refractivity contribution in [1.29, 1.82) is 5.26 Å². The summed E-state index contributed by atoms with van der Waals surface area (Å²) in [5.41, 5.74) is 8.31. The first-order valence-corrected chi connectivity index (χ1v) is 10.6. The lowest BCUT2D eigenvalue weighted by Crippen LogP contribution is -2.23. The van der Waals surface area contributed by atoms with Crippen LogP contribution in [0.1, 0.15) is 25.7 Å². The fourth-order valence-electron chi connectivity index (χ4n) is 3.99. The molecule has 0 aliphatic heterocycles. The molecule has 0 aromatic carbocycles. The van der Waals surface area contributed by atoms with E-state index >= 15 is 0 Å². The molecule has 12 heteroatoms. The number of pyridine rings is 1. The number of primary amides is 1. The second-order valence-corrected chi connectivity index (χ2v) is 7.96. The fraction of sp³-hybridized carbons (Fsp3) is 0.333. The standard InChI is InChI=1S/C21H21N11O/c22-6-1-7-31-12-15(10-26-31)14-3-5-18(24-9-14)32-20-17(29-30-32)11-25-21(28-20)27-16-4-2-13(8-16)19(23)33/h3,5,9-13,16H,1-2,4,7-8H2,(H2,23,33)(H,25,27,28)/t13-,16-/m1/s1. The molecule has 1 aliphatic rings. The van der Waals surface area contributed by atoms with E-state index in [0.717, 1.165) is 24.0 Å². The van der Waals surface area contributed by atoms with Crippen LogP contribution >= 0.6 is 0 Å². The largest absolute Gasteiger partial charge is 0.369 e. The zero-order chi connectivity index (χ0) is 22.8. The number of aromatic nitrogens is 8. The number of anilines is 1. The Morgan fingerprint density at radius 2 is 2.12 bits per heavy atom. The average Bonchev–Trinajstić information content (AvgIpc) is 3.57. The first-order valence-electron chi connectivity index (χ1n) is 10.6. The van der Waals surface area contributed by atoms with Crippen LogP contribution < -0.4 is 11.1 Å². The molecule has 166 valence electrons. The minimum absolute atomic E-state index is 0.0933. The van der Waals surface area contributed by atoms with E-state index in [4.69, 9.17) is 11.0 Å². The Morgan fingerprint density at radius 1 is 1.21 bits per heavy atom. The van der Waals surface area contributed by atoms with E-state index in [1.165, 1.54) is 0 Å². The number of nitrogens with one attached hydrogen (secondary N) is 1. The van der Waals surface area contributed by atoms with Crippen molar-refractivity contribution in [2.45, 2.75) is 38.3 Å². The van der Waals surface area contributed by atoms with E-state index in [1.54, 1.807) is 28.0 Å². The lowest BCUT2D eigenvalue weighted by molar-refractivity contribution is -0.121. The van der Waals surface area contributed by atoms with Crippen molar-refractivity contribution in [3.8, 4) is 23.0 Å². The normalized spacial score (nSPS) is 17.8. The summed E-state index contributed by atoms with van der Waals surface area (Å²) in [4.78, 5) is 24.8. The molecule has 4 aromatic heterocycles. The van der Waals surface area contributed by atoms with Gasteiger partial charge in [-0.25, -0.2) is 9.97 Å². The molecule has 12 nitrogen and oxygen atoms in total. The number of rotatable bonds is 7. The Kier molecular flexibility index (Phi) is 5.35. The Hall–Kier alpha value is -4.40. The molecule has 2 atom stereocenters. The molecular weight excluding hydrogens is 422 g/mol. The van der Waals surface area contributed by atoms with Crippen molar-refractivity contribution in [1.82, 2.24) is 39.7 Å². The molecule has 0 spiro atoms. The van der Waals surface area contributed by atoms with Gasteiger partial charge in [-0.1, -0.05) is 5.21 Å². The predicted octanol–water partition coefficient (Wildman–Crippen LogP) is 1.45. The number of carbonyl (C=O) groups excluding carboxylic acids is 1. The maximum atomic E-state index is 11.4. The minimum Gasteiger partial charge on any atom is -0.369 e. The van der Waals surface area contributed by atoms with Crippen molar-refractivity contribution in [2.24, 2.45) is 11.7 Å². The molecule has 1 saturated carbocycles. The second-order valence-electron chi connectivity index (χ2n) is 7.96. The van der Waals surface area contributed by atoms with Gasteiger partial charge in [-0.2, -0.15) is 20.0 Å². The molecule has 33 heavy (non-hydrogen) atoms. The predicted molar refractivity (Wildman–Crippen MR) is 118 cm³/mol. The first kappa shape index (κ1) is 20.5. The lowest BCUT2D eigenvalue weighted by Gasteiger charge is -2.12. The van der Waals surface area contributed by atoms with E-state index in [1.807, 2.05) is 18.3 Å². The van der Waals surface area contributed by atoms with Crippen LogP contribution in [0.25, 0.3) is 28.1 Å². The van der Waals surface area contributed by atoms with Gasteiger partial charge in [0.05, 0.1) is 31.4 Å². The molecule has 0 bridgehead atoms. The van der Waals surface area contributed by atoms with E-state index in [0.29, 0.717) is 42.3 Å². The summed E-state index contributed by atoms with van der Waals surface area (Å²) in [6.45, 7) is 0.549. The number of aryl methyl sites for hydroxylation is 1. The highest BCUT2D eigenvalue weighted by Gasteiger charge is 2.29. The van der Waals surface area contributed by atoms with Crippen LogP contribution in [-0.4, -0.2) is 51.7 Å². The minimum atomic E-state index is -0.262. The third kappa shape index (κ3) is 4.20. The second kappa shape index (κ2) is 8.62. The topological polar surface area (TPSA) is 166 Å². The van der Waals surface area contributed by atoms with Gasteiger partial charge in [0, 0.05) is 35.5 Å². The molecule has 1 aliphatic carbocycles. The Labute approximate surface area is 188 Å². The van der Waals surface area contributed by atoms with Crippen molar-refractivity contribution in [3.05, 3.63) is 36.9 Å². The van der Waals surface area contributed by atoms with E-state index < -0.39 is 0 Å². The zero-order valence-corrected chi connectivity index (χ0v) is 17.7. The molecule has 5 rings (SSSR count). The quantitative estimate of drug-likeness (QED) is 0.429. The highest BCUT2D eigenvalue weighted by atomic mass is 16.1. The van der Waals surface area contributed by atoms with Crippen molar-refractivity contribution < 1.29 is 4.79 Å². The molecule has 3 N–H and O–H groups in total. The van der Waals surface area contributed by atoms with Crippen molar-refractivity contribution >= 4 is 23.0 Å². The lowest BCUT2D eigenvalue weighted by atomic mass is 10.1. The summed E-state index contributed by atoms with van der Waals surface area (Å²) in [5, 5.41) is 24.6. The number of amides is 1. The number of hydrogen-bond donors (Lipinski definition) is 2. The summed E-state index contributed by atoms with van der Waals surface area (Å²) in [6, 6.07) is 5.96. The number of fused-ring (bicyclic) bond motifs is 1. The molecule has 1 fully saturated rings. The summed E-state index contributed by atoms with van der Waals surface area (Å²) in [6.07, 6.45) is 9.65. The van der Waals surface area contributed by atoms with Crippen LogP contribution in [0.4, 0.5) is 5.95 Å². The highest BCUT2D eigenvalue weighted by molar-refractivity contribution is 5.77. The van der Waals surface area contributed by atoms with Gasteiger partial charge in [-0.3, -0.25) is 9.48 Å². The van der Waals surface area contributed by atoms with Crippen LogP contribution in [-0.2, 0) is 11.3 Å². The number of nitrogens with two attached hydrogens (primary N) is 1. The number of carbonyl (C=O) groups is 1. The number of nitrogens with zero attached hydrogens (tertiary/aromatic N) is 9. The number of nitriles is 1. The maximum absolute atomic E-state index is 11.4. The van der Waals surface area contributed by atoms with Gasteiger partial charge >= 0.3 is 0 Å². The van der Waals surface area contributed by atoms with Crippen LogP contribution in [0, 0.1) is 17.2 Å². The van der Waals surface area contributed by atoms with Gasteiger partial charge in [0.25, 0.3) is 0 Å². The average molecular weight is 443 g/mol. The van der Waals surface area contributed by atoms with Gasteiger partial charge in [0.1, 0.15) is 0 Å². The SMILES string of the molecule is N#CCCn1cc(-c2ccc(-n3nnc4cnc(N[C@@H]5CC[C@@H](C(N)=O)C5)nc43)nc2)cn1. The van der Waals surface area contributed by atoms with Gasteiger partial charge in [-0.05, 0) is 31.4 Å². The third-order valence-corrected chi connectivity index (χ3v) is 5.74. The van der Waals surface area contributed by atoms with Gasteiger partial charge in [0.2, 0.25) is 11.9 Å². The highest BCUT2D eigenvalue weighted by Crippen LogP contribution is 2.27. The molecule has 4 aromatic rings. The summed E-state index contributed by atoms with van der Waals surface area (Å²) in [7, 11) is 0. The van der Waals surface area contributed by atoms with Gasteiger partial charge < -0.3 is 11.1 Å². The fourth-order valence-corrected chi connectivity index (χ4v) is 3.99. The van der Waals surface area contributed by atoms with E-state index in [-0.39, 0.29) is 17.9 Å². The Bertz CT molecular complexity index is 1330. The maximum Gasteiger partial charge on any atom is 0.225 e. The van der Waals surface area contributed by atoms with Crippen LogP contribution in [0.5, 0.6) is 0 Å². The third-order valence-electron chi connectivity index (χ3n) is 5.74. The van der Waals surface area contributed by atoms with Crippen molar-refractivity contribution in [3.63, 3.8) is 0 Å². The summed E-state index contributed by atoms with van der Waals surface area (Å²) in [5.74, 6) is 0.640. The summed E-state index contributed by atoms with van der Waals surface area (Å²) >= 11 is 0. The zero-order valence-electron chi connectivity index (χ0n) is 17.7. The van der Waals surface area contributed by atoms with Crippen LogP contribution in [0.3, 0.4) is 0 Å². The molecule has 1 amide bonds.